The van der Waals surface area contributed by atoms with E-state index in [1.54, 1.807) is 14.0 Å². The number of ether oxygens (including phenoxy) is 1. The van der Waals surface area contributed by atoms with Crippen LogP contribution < -0.4 is 4.74 Å². The number of para-hydroxylation sites is 1. The maximum absolute atomic E-state index is 12.7. The average molecular weight is 379 g/mol. The molecule has 28 heavy (non-hydrogen) atoms. The number of carbonyl (C=O) groups excluding carboxylic acids is 1. The van der Waals surface area contributed by atoms with Gasteiger partial charge in [-0.15, -0.1) is 0 Å². The zero-order valence-corrected chi connectivity index (χ0v) is 16.6. The van der Waals surface area contributed by atoms with Crippen LogP contribution in [0.25, 0.3) is 11.4 Å². The maximum Gasteiger partial charge on any atom is 0.263 e. The Morgan fingerprint density at radius 1 is 1.07 bits per heavy atom. The number of benzene rings is 2. The van der Waals surface area contributed by atoms with Crippen LogP contribution in [0.3, 0.4) is 0 Å². The number of aromatic nitrogens is 2. The van der Waals surface area contributed by atoms with Crippen LogP contribution in [0.15, 0.2) is 59.1 Å². The highest BCUT2D eigenvalue weighted by atomic mass is 16.5. The van der Waals surface area contributed by atoms with Gasteiger partial charge in [-0.2, -0.15) is 4.98 Å². The highest BCUT2D eigenvalue weighted by Gasteiger charge is 2.22. The Balaban J connectivity index is 1.64. The molecule has 2 aromatic carbocycles. The van der Waals surface area contributed by atoms with Gasteiger partial charge in [0, 0.05) is 12.6 Å². The van der Waals surface area contributed by atoms with Crippen molar-refractivity contribution in [3.05, 3.63) is 66.1 Å². The van der Waals surface area contributed by atoms with Crippen LogP contribution in [0.4, 0.5) is 0 Å². The van der Waals surface area contributed by atoms with E-state index in [1.807, 2.05) is 54.6 Å². The van der Waals surface area contributed by atoms with Crippen molar-refractivity contribution in [2.75, 3.05) is 7.05 Å². The van der Waals surface area contributed by atoms with Gasteiger partial charge in [-0.25, -0.2) is 0 Å². The molecule has 1 aromatic heterocycles. The van der Waals surface area contributed by atoms with Gasteiger partial charge in [-0.05, 0) is 24.5 Å². The fraction of sp³-hybridized carbons (Fsp3) is 0.318. The third kappa shape index (κ3) is 4.57. The SMILES string of the molecule is CC(C)c1ccccc1O[C@@H](C)C(=O)N(C)Cc1nc(-c2ccccc2)no1. The molecule has 1 amide bonds. The first kappa shape index (κ1) is 19.6. The number of amides is 1. The lowest BCUT2D eigenvalue weighted by Gasteiger charge is -2.22. The Labute approximate surface area is 165 Å². The summed E-state index contributed by atoms with van der Waals surface area (Å²) in [4.78, 5) is 18.6. The Morgan fingerprint density at radius 3 is 2.46 bits per heavy atom. The van der Waals surface area contributed by atoms with Crippen LogP contribution in [-0.4, -0.2) is 34.1 Å². The van der Waals surface area contributed by atoms with E-state index in [0.29, 0.717) is 17.6 Å². The van der Waals surface area contributed by atoms with Gasteiger partial charge in [0.1, 0.15) is 5.75 Å². The van der Waals surface area contributed by atoms with Crippen molar-refractivity contribution in [3.63, 3.8) is 0 Å². The van der Waals surface area contributed by atoms with Gasteiger partial charge in [0.15, 0.2) is 6.10 Å². The third-order valence-corrected chi connectivity index (χ3v) is 4.44. The smallest absolute Gasteiger partial charge is 0.263 e. The van der Waals surface area contributed by atoms with Crippen LogP contribution >= 0.6 is 0 Å². The zero-order chi connectivity index (χ0) is 20.1. The zero-order valence-electron chi connectivity index (χ0n) is 16.6. The molecule has 0 aliphatic heterocycles. The standard InChI is InChI=1S/C22H25N3O3/c1-15(2)18-12-8-9-13-19(18)27-16(3)22(26)25(4)14-20-23-21(24-28-20)17-10-6-5-7-11-17/h5-13,15-16H,14H2,1-4H3/t16-/m0/s1. The van der Waals surface area contributed by atoms with E-state index in [-0.39, 0.29) is 12.5 Å². The summed E-state index contributed by atoms with van der Waals surface area (Å²) in [6.45, 7) is 6.17. The molecule has 3 aromatic rings. The minimum absolute atomic E-state index is 0.155. The van der Waals surface area contributed by atoms with Crippen molar-refractivity contribution >= 4 is 5.91 Å². The second kappa shape index (κ2) is 8.69. The van der Waals surface area contributed by atoms with Gasteiger partial charge >= 0.3 is 0 Å². The summed E-state index contributed by atoms with van der Waals surface area (Å²) < 4.78 is 11.2. The molecular formula is C22H25N3O3. The molecule has 6 nitrogen and oxygen atoms in total. The Hall–Kier alpha value is -3.15. The fourth-order valence-electron chi connectivity index (χ4n) is 2.92. The number of hydrogen-bond donors (Lipinski definition) is 0. The highest BCUT2D eigenvalue weighted by molar-refractivity contribution is 5.80. The number of rotatable bonds is 7. The molecule has 0 saturated heterocycles. The Morgan fingerprint density at radius 2 is 1.75 bits per heavy atom. The number of carbonyl (C=O) groups is 1. The van der Waals surface area contributed by atoms with Crippen molar-refractivity contribution in [3.8, 4) is 17.1 Å². The quantitative estimate of drug-likeness (QED) is 0.613. The van der Waals surface area contributed by atoms with E-state index < -0.39 is 6.10 Å². The average Bonchev–Trinajstić information content (AvgIpc) is 3.16. The molecule has 6 heteroatoms. The minimum Gasteiger partial charge on any atom is -0.481 e. The van der Waals surface area contributed by atoms with Gasteiger partial charge in [-0.3, -0.25) is 4.79 Å². The summed E-state index contributed by atoms with van der Waals surface area (Å²) >= 11 is 0. The lowest BCUT2D eigenvalue weighted by Crippen LogP contribution is -2.37. The molecule has 0 N–H and O–H groups in total. The molecule has 0 radical (unpaired) electrons. The first-order chi connectivity index (χ1) is 13.5. The van der Waals surface area contributed by atoms with E-state index in [9.17, 15) is 4.79 Å². The van der Waals surface area contributed by atoms with E-state index in [0.717, 1.165) is 16.9 Å². The molecule has 3 rings (SSSR count). The predicted octanol–water partition coefficient (Wildman–Crippen LogP) is 4.29. The van der Waals surface area contributed by atoms with E-state index in [1.165, 1.54) is 4.90 Å². The van der Waals surface area contributed by atoms with Gasteiger partial charge in [0.05, 0.1) is 6.54 Å². The van der Waals surface area contributed by atoms with E-state index >= 15 is 0 Å². The summed E-state index contributed by atoms with van der Waals surface area (Å²) in [5, 5.41) is 3.99. The van der Waals surface area contributed by atoms with Crippen molar-refractivity contribution in [2.45, 2.75) is 39.3 Å². The molecule has 1 atom stereocenters. The van der Waals surface area contributed by atoms with E-state index in [2.05, 4.69) is 24.0 Å². The second-order valence-corrected chi connectivity index (χ2v) is 7.02. The summed E-state index contributed by atoms with van der Waals surface area (Å²) in [5.74, 6) is 1.77. The molecule has 0 unspecified atom stereocenters. The highest BCUT2D eigenvalue weighted by Crippen LogP contribution is 2.27. The van der Waals surface area contributed by atoms with Gasteiger partial charge in [0.2, 0.25) is 11.7 Å². The van der Waals surface area contributed by atoms with Crippen molar-refractivity contribution in [1.29, 1.82) is 0 Å². The van der Waals surface area contributed by atoms with Gasteiger partial charge in [0.25, 0.3) is 5.91 Å². The van der Waals surface area contributed by atoms with Crippen molar-refractivity contribution < 1.29 is 14.1 Å². The summed E-state index contributed by atoms with van der Waals surface area (Å²) in [6.07, 6.45) is -0.624. The minimum atomic E-state index is -0.624. The largest absolute Gasteiger partial charge is 0.481 e. The Kier molecular flexibility index (Phi) is 6.09. The van der Waals surface area contributed by atoms with Gasteiger partial charge in [-0.1, -0.05) is 67.5 Å². The summed E-state index contributed by atoms with van der Waals surface area (Å²) in [6, 6.07) is 17.4. The molecule has 0 spiro atoms. The van der Waals surface area contributed by atoms with Crippen LogP contribution in [0.1, 0.15) is 38.1 Å². The van der Waals surface area contributed by atoms with Crippen LogP contribution in [0, 0.1) is 0 Å². The van der Waals surface area contributed by atoms with Gasteiger partial charge < -0.3 is 14.2 Å². The summed E-state index contributed by atoms with van der Waals surface area (Å²) in [5.41, 5.74) is 1.95. The second-order valence-electron chi connectivity index (χ2n) is 7.02. The normalized spacial score (nSPS) is 12.0. The fourth-order valence-corrected chi connectivity index (χ4v) is 2.92. The third-order valence-electron chi connectivity index (χ3n) is 4.44. The molecule has 0 aliphatic rings. The topological polar surface area (TPSA) is 68.5 Å². The lowest BCUT2D eigenvalue weighted by molar-refractivity contribution is -0.137. The van der Waals surface area contributed by atoms with Crippen molar-refractivity contribution in [1.82, 2.24) is 15.0 Å². The van der Waals surface area contributed by atoms with Crippen LogP contribution in [-0.2, 0) is 11.3 Å². The molecule has 1 heterocycles. The molecular weight excluding hydrogens is 354 g/mol. The maximum atomic E-state index is 12.7. The first-order valence-electron chi connectivity index (χ1n) is 9.34. The van der Waals surface area contributed by atoms with Crippen molar-refractivity contribution in [2.24, 2.45) is 0 Å². The Bertz CT molecular complexity index is 922. The first-order valence-corrected chi connectivity index (χ1v) is 9.34. The monoisotopic (exact) mass is 379 g/mol. The van der Waals surface area contributed by atoms with E-state index in [4.69, 9.17) is 9.26 Å². The molecule has 0 aliphatic carbocycles. The lowest BCUT2D eigenvalue weighted by atomic mass is 10.0. The molecule has 0 fully saturated rings. The number of nitrogens with zero attached hydrogens (tertiary/aromatic N) is 3. The van der Waals surface area contributed by atoms with Crippen LogP contribution in [0.5, 0.6) is 5.75 Å². The predicted molar refractivity (Wildman–Crippen MR) is 107 cm³/mol. The molecule has 0 bridgehead atoms. The molecule has 0 saturated carbocycles. The molecule has 146 valence electrons. The summed E-state index contributed by atoms with van der Waals surface area (Å²) in [7, 11) is 1.70. The number of hydrogen-bond acceptors (Lipinski definition) is 5. The van der Waals surface area contributed by atoms with Crippen LogP contribution in [0.2, 0.25) is 0 Å². The number of likely N-dealkylation sites (N-methyl/N-ethyl adjacent to an activating group) is 1.